The molecule has 0 aliphatic carbocycles. The van der Waals surface area contributed by atoms with Gasteiger partial charge in [-0.25, -0.2) is 9.37 Å². The fraction of sp³-hybridized carbons (Fsp3) is 0.400. The van der Waals surface area contributed by atoms with Crippen LogP contribution in [0.2, 0.25) is 5.02 Å². The predicted octanol–water partition coefficient (Wildman–Crippen LogP) is 2.01. The third-order valence-corrected chi connectivity index (χ3v) is 4.02. The number of rotatable bonds is 3. The van der Waals surface area contributed by atoms with Gasteiger partial charge in [-0.1, -0.05) is 11.6 Å². The van der Waals surface area contributed by atoms with E-state index in [0.717, 1.165) is 12.8 Å². The molecule has 2 aromatic rings. The number of piperidine rings is 1. The van der Waals surface area contributed by atoms with Gasteiger partial charge in [0.25, 0.3) is 5.91 Å². The summed E-state index contributed by atoms with van der Waals surface area (Å²) in [6.07, 6.45) is 6.31. The van der Waals surface area contributed by atoms with Gasteiger partial charge in [-0.15, -0.1) is 0 Å². The number of carbonyl (C=O) groups is 1. The third kappa shape index (κ3) is 3.61. The molecule has 23 heavy (non-hydrogen) atoms. The summed E-state index contributed by atoms with van der Waals surface area (Å²) in [5.74, 6) is -0.346. The number of carbonyl (C=O) groups excluding carboxylic acids is 1. The van der Waals surface area contributed by atoms with Gasteiger partial charge >= 0.3 is 0 Å². The molecule has 0 bridgehead atoms. The van der Waals surface area contributed by atoms with Gasteiger partial charge in [0.15, 0.2) is 11.6 Å². The first-order valence-electron chi connectivity index (χ1n) is 7.38. The Balaban J connectivity index is 1.67. The first-order chi connectivity index (χ1) is 11.0. The summed E-state index contributed by atoms with van der Waals surface area (Å²) < 4.78 is 15.6. The zero-order chi connectivity index (χ0) is 16.4. The van der Waals surface area contributed by atoms with E-state index in [1.54, 1.807) is 17.9 Å². The molecule has 1 N–H and O–H groups in total. The molecule has 1 unspecified atom stereocenters. The van der Waals surface area contributed by atoms with Crippen LogP contribution >= 0.6 is 11.6 Å². The van der Waals surface area contributed by atoms with Gasteiger partial charge in [-0.3, -0.25) is 9.48 Å². The van der Waals surface area contributed by atoms with Crippen molar-refractivity contribution in [2.75, 3.05) is 18.0 Å². The first kappa shape index (κ1) is 15.7. The summed E-state index contributed by atoms with van der Waals surface area (Å²) >= 11 is 5.74. The van der Waals surface area contributed by atoms with Gasteiger partial charge in [0.05, 0.1) is 16.8 Å². The lowest BCUT2D eigenvalue weighted by Gasteiger charge is -2.34. The highest BCUT2D eigenvalue weighted by Gasteiger charge is 2.25. The standard InChI is InChI=1S/C15H17ClFN5O/c1-21-8-10(6-19-21)15(23)20-12-3-2-4-22(9-12)14-13(17)5-11(16)7-18-14/h5-8,12H,2-4,9H2,1H3,(H,20,23). The number of hydrogen-bond acceptors (Lipinski definition) is 4. The summed E-state index contributed by atoms with van der Waals surface area (Å²) in [6.45, 7) is 1.21. The maximum atomic E-state index is 14.0. The number of nitrogens with one attached hydrogen (secondary N) is 1. The lowest BCUT2D eigenvalue weighted by atomic mass is 10.1. The number of pyridine rings is 1. The minimum absolute atomic E-state index is 0.0617. The van der Waals surface area contributed by atoms with Crippen molar-refractivity contribution in [1.82, 2.24) is 20.1 Å². The van der Waals surface area contributed by atoms with Gasteiger partial charge in [-0.2, -0.15) is 5.10 Å². The number of nitrogens with zero attached hydrogens (tertiary/aromatic N) is 4. The Kier molecular flexibility index (Phi) is 4.47. The summed E-state index contributed by atoms with van der Waals surface area (Å²) in [7, 11) is 1.76. The van der Waals surface area contributed by atoms with E-state index in [1.807, 2.05) is 4.90 Å². The Bertz CT molecular complexity index is 720. The Morgan fingerprint density at radius 1 is 1.48 bits per heavy atom. The molecule has 0 radical (unpaired) electrons. The molecule has 1 fully saturated rings. The van der Waals surface area contributed by atoms with Crippen LogP contribution < -0.4 is 10.2 Å². The number of amides is 1. The number of aromatic nitrogens is 3. The Morgan fingerprint density at radius 2 is 2.30 bits per heavy atom. The first-order valence-corrected chi connectivity index (χ1v) is 7.76. The Labute approximate surface area is 138 Å². The zero-order valence-corrected chi connectivity index (χ0v) is 13.4. The van der Waals surface area contributed by atoms with Crippen molar-refractivity contribution < 1.29 is 9.18 Å². The lowest BCUT2D eigenvalue weighted by Crippen LogP contribution is -2.48. The molecular weight excluding hydrogens is 321 g/mol. The zero-order valence-electron chi connectivity index (χ0n) is 12.7. The second-order valence-electron chi connectivity index (χ2n) is 5.62. The van der Waals surface area contributed by atoms with E-state index >= 15 is 0 Å². The van der Waals surface area contributed by atoms with Crippen LogP contribution in [0.1, 0.15) is 23.2 Å². The van der Waals surface area contributed by atoms with E-state index in [1.165, 1.54) is 18.5 Å². The molecule has 3 rings (SSSR count). The average molecular weight is 338 g/mol. The molecule has 6 nitrogen and oxygen atoms in total. The summed E-state index contributed by atoms with van der Waals surface area (Å²) in [5.41, 5.74) is 0.514. The summed E-state index contributed by atoms with van der Waals surface area (Å²) in [5, 5.41) is 7.22. The molecule has 1 aliphatic heterocycles. The van der Waals surface area contributed by atoms with E-state index in [0.29, 0.717) is 18.7 Å². The van der Waals surface area contributed by atoms with Gasteiger partial charge in [-0.05, 0) is 18.9 Å². The van der Waals surface area contributed by atoms with E-state index in [9.17, 15) is 9.18 Å². The molecule has 2 aromatic heterocycles. The molecule has 1 atom stereocenters. The minimum atomic E-state index is -0.447. The number of hydrogen-bond donors (Lipinski definition) is 1. The molecule has 1 aliphatic rings. The molecule has 8 heteroatoms. The van der Waals surface area contributed by atoms with Crippen molar-refractivity contribution in [2.24, 2.45) is 7.05 Å². The van der Waals surface area contributed by atoms with Gasteiger partial charge in [0, 0.05) is 38.6 Å². The van der Waals surface area contributed by atoms with Crippen LogP contribution in [0.25, 0.3) is 0 Å². The molecular formula is C15H17ClFN5O. The Hall–Kier alpha value is -2.15. The normalized spacial score (nSPS) is 18.0. The molecule has 0 spiro atoms. The van der Waals surface area contributed by atoms with Crippen molar-refractivity contribution in [3.05, 3.63) is 41.1 Å². The third-order valence-electron chi connectivity index (χ3n) is 3.81. The van der Waals surface area contributed by atoms with Gasteiger partial charge in [0.1, 0.15) is 0 Å². The van der Waals surface area contributed by atoms with E-state index in [-0.39, 0.29) is 22.8 Å². The molecule has 1 saturated heterocycles. The minimum Gasteiger partial charge on any atom is -0.352 e. The number of anilines is 1. The second-order valence-corrected chi connectivity index (χ2v) is 6.06. The average Bonchev–Trinajstić information content (AvgIpc) is 2.94. The summed E-state index contributed by atoms with van der Waals surface area (Å²) in [6, 6.07) is 1.19. The SMILES string of the molecule is Cn1cc(C(=O)NC2CCCN(c3ncc(Cl)cc3F)C2)cn1. The quantitative estimate of drug-likeness (QED) is 0.930. The van der Waals surface area contributed by atoms with Crippen LogP contribution in [-0.2, 0) is 7.05 Å². The Morgan fingerprint density at radius 3 is 3.00 bits per heavy atom. The predicted molar refractivity (Wildman–Crippen MR) is 85.1 cm³/mol. The monoisotopic (exact) mass is 337 g/mol. The largest absolute Gasteiger partial charge is 0.352 e. The highest BCUT2D eigenvalue weighted by atomic mass is 35.5. The number of aryl methyl sites for hydroxylation is 1. The highest BCUT2D eigenvalue weighted by molar-refractivity contribution is 6.30. The fourth-order valence-electron chi connectivity index (χ4n) is 2.73. The van der Waals surface area contributed by atoms with E-state index < -0.39 is 5.82 Å². The molecule has 0 aromatic carbocycles. The van der Waals surface area contributed by atoms with Crippen molar-refractivity contribution in [3.63, 3.8) is 0 Å². The van der Waals surface area contributed by atoms with Crippen LogP contribution in [-0.4, -0.2) is 39.8 Å². The highest BCUT2D eigenvalue weighted by Crippen LogP contribution is 2.23. The second kappa shape index (κ2) is 6.54. The molecule has 1 amide bonds. The molecule has 3 heterocycles. The van der Waals surface area contributed by atoms with Crippen LogP contribution in [0.3, 0.4) is 0 Å². The maximum absolute atomic E-state index is 14.0. The number of halogens is 2. The fourth-order valence-corrected chi connectivity index (χ4v) is 2.88. The van der Waals surface area contributed by atoms with E-state index in [2.05, 4.69) is 15.4 Å². The maximum Gasteiger partial charge on any atom is 0.254 e. The van der Waals surface area contributed by atoms with Crippen LogP contribution in [0.5, 0.6) is 0 Å². The van der Waals surface area contributed by atoms with Gasteiger partial charge < -0.3 is 10.2 Å². The smallest absolute Gasteiger partial charge is 0.254 e. The van der Waals surface area contributed by atoms with Crippen molar-refractivity contribution in [2.45, 2.75) is 18.9 Å². The van der Waals surface area contributed by atoms with Crippen molar-refractivity contribution in [1.29, 1.82) is 0 Å². The van der Waals surface area contributed by atoms with Crippen LogP contribution in [0.15, 0.2) is 24.7 Å². The van der Waals surface area contributed by atoms with Crippen LogP contribution in [0.4, 0.5) is 10.2 Å². The van der Waals surface area contributed by atoms with Gasteiger partial charge in [0.2, 0.25) is 0 Å². The lowest BCUT2D eigenvalue weighted by molar-refractivity contribution is 0.0933. The topological polar surface area (TPSA) is 63.1 Å². The molecule has 0 saturated carbocycles. The summed E-state index contributed by atoms with van der Waals surface area (Å²) in [4.78, 5) is 18.1. The van der Waals surface area contributed by atoms with Crippen molar-refractivity contribution in [3.8, 4) is 0 Å². The van der Waals surface area contributed by atoms with Crippen molar-refractivity contribution >= 4 is 23.3 Å². The molecule has 122 valence electrons. The van der Waals surface area contributed by atoms with E-state index in [4.69, 9.17) is 11.6 Å². The van der Waals surface area contributed by atoms with Crippen LogP contribution in [0, 0.1) is 5.82 Å².